The largest absolute Gasteiger partial charge is 0.396 e. The third kappa shape index (κ3) is 1.87. The van der Waals surface area contributed by atoms with E-state index in [4.69, 9.17) is 5.11 Å². The van der Waals surface area contributed by atoms with Crippen LogP contribution in [-0.4, -0.2) is 29.8 Å². The summed E-state index contributed by atoms with van der Waals surface area (Å²) in [7, 11) is 0. The molecular weight excluding hydrogens is 176 g/mol. The van der Waals surface area contributed by atoms with E-state index in [0.717, 1.165) is 25.3 Å². The van der Waals surface area contributed by atoms with E-state index in [2.05, 4.69) is 22.9 Å². The highest BCUT2D eigenvalue weighted by molar-refractivity contribution is 5.41. The molecule has 1 fully saturated rings. The maximum atomic E-state index is 9.04. The summed E-state index contributed by atoms with van der Waals surface area (Å²) in [4.78, 5) is 6.58. The fraction of sp³-hybridized carbons (Fsp3) is 0.545. The van der Waals surface area contributed by atoms with Gasteiger partial charge in [-0.2, -0.15) is 0 Å². The molecule has 0 saturated carbocycles. The number of aliphatic hydroxyl groups excluding tert-OH is 1. The van der Waals surface area contributed by atoms with E-state index >= 15 is 0 Å². The van der Waals surface area contributed by atoms with E-state index in [1.54, 1.807) is 0 Å². The van der Waals surface area contributed by atoms with Crippen molar-refractivity contribution in [2.45, 2.75) is 13.3 Å². The van der Waals surface area contributed by atoms with Crippen LogP contribution in [-0.2, 0) is 0 Å². The van der Waals surface area contributed by atoms with Gasteiger partial charge in [0.2, 0.25) is 0 Å². The molecule has 0 spiro atoms. The molecule has 0 aromatic carbocycles. The minimum Gasteiger partial charge on any atom is -0.396 e. The number of rotatable bonds is 2. The Kier molecular flexibility index (Phi) is 2.68. The number of anilines is 1. The molecule has 1 N–H and O–H groups in total. The van der Waals surface area contributed by atoms with Crippen LogP contribution in [0.15, 0.2) is 18.3 Å². The molecule has 1 atom stereocenters. The van der Waals surface area contributed by atoms with Crippen molar-refractivity contribution in [2.24, 2.45) is 5.92 Å². The minimum atomic E-state index is 0.294. The average Bonchev–Trinajstić information content (AvgIpc) is 2.66. The lowest BCUT2D eigenvalue weighted by atomic mass is 10.1. The molecule has 0 aliphatic carbocycles. The number of pyridine rings is 1. The standard InChI is InChI=1S/C11H16N2O/c1-9-2-4-12-11(6-9)13-5-3-10(7-13)8-14/h2,4,6,10,14H,3,5,7-8H2,1H3. The molecule has 0 radical (unpaired) electrons. The summed E-state index contributed by atoms with van der Waals surface area (Å²) in [5.41, 5.74) is 1.24. The number of aromatic nitrogens is 1. The summed E-state index contributed by atoms with van der Waals surface area (Å²) in [6, 6.07) is 4.10. The molecular formula is C11H16N2O. The topological polar surface area (TPSA) is 36.4 Å². The lowest BCUT2D eigenvalue weighted by molar-refractivity contribution is 0.238. The van der Waals surface area contributed by atoms with Gasteiger partial charge >= 0.3 is 0 Å². The third-order valence-electron chi connectivity index (χ3n) is 2.77. The van der Waals surface area contributed by atoms with Crippen LogP contribution >= 0.6 is 0 Å². The smallest absolute Gasteiger partial charge is 0.128 e. The first kappa shape index (κ1) is 9.46. The molecule has 1 aliphatic rings. The third-order valence-corrected chi connectivity index (χ3v) is 2.77. The van der Waals surface area contributed by atoms with Crippen LogP contribution in [0.4, 0.5) is 5.82 Å². The number of aliphatic hydroxyl groups is 1. The Hall–Kier alpha value is -1.09. The molecule has 1 aliphatic heterocycles. The van der Waals surface area contributed by atoms with Crippen LogP contribution in [0, 0.1) is 12.8 Å². The molecule has 1 unspecified atom stereocenters. The van der Waals surface area contributed by atoms with Gasteiger partial charge in [-0.05, 0) is 31.0 Å². The van der Waals surface area contributed by atoms with E-state index in [-0.39, 0.29) is 0 Å². The highest BCUT2D eigenvalue weighted by Gasteiger charge is 2.22. The van der Waals surface area contributed by atoms with Crippen molar-refractivity contribution in [3.05, 3.63) is 23.9 Å². The normalized spacial score (nSPS) is 21.6. The maximum absolute atomic E-state index is 9.04. The summed E-state index contributed by atoms with van der Waals surface area (Å²) in [6.07, 6.45) is 2.92. The highest BCUT2D eigenvalue weighted by atomic mass is 16.3. The lowest BCUT2D eigenvalue weighted by Crippen LogP contribution is -2.21. The van der Waals surface area contributed by atoms with Gasteiger partial charge in [-0.3, -0.25) is 0 Å². The van der Waals surface area contributed by atoms with Gasteiger partial charge in [0.05, 0.1) is 0 Å². The Morgan fingerprint density at radius 3 is 3.14 bits per heavy atom. The zero-order chi connectivity index (χ0) is 9.97. The van der Waals surface area contributed by atoms with Crippen LogP contribution in [0.2, 0.25) is 0 Å². The maximum Gasteiger partial charge on any atom is 0.128 e. The predicted molar refractivity (Wildman–Crippen MR) is 56.4 cm³/mol. The van der Waals surface area contributed by atoms with Crippen molar-refractivity contribution in [2.75, 3.05) is 24.6 Å². The monoisotopic (exact) mass is 192 g/mol. The Balaban J connectivity index is 2.09. The Bertz CT molecular complexity index is 314. The van der Waals surface area contributed by atoms with Crippen LogP contribution in [0.5, 0.6) is 0 Å². The van der Waals surface area contributed by atoms with E-state index in [1.807, 2.05) is 12.3 Å². The molecule has 1 saturated heterocycles. The average molecular weight is 192 g/mol. The Labute approximate surface area is 84.4 Å². The van der Waals surface area contributed by atoms with Gasteiger partial charge < -0.3 is 10.0 Å². The summed E-state index contributed by atoms with van der Waals surface area (Å²) in [6.45, 7) is 4.32. The van der Waals surface area contributed by atoms with E-state index in [1.165, 1.54) is 5.56 Å². The van der Waals surface area contributed by atoms with Crippen molar-refractivity contribution in [3.8, 4) is 0 Å². The second-order valence-corrected chi connectivity index (χ2v) is 3.97. The van der Waals surface area contributed by atoms with Gasteiger partial charge in [-0.1, -0.05) is 0 Å². The second kappa shape index (κ2) is 3.96. The second-order valence-electron chi connectivity index (χ2n) is 3.97. The molecule has 3 heteroatoms. The highest BCUT2D eigenvalue weighted by Crippen LogP contribution is 2.21. The molecule has 3 nitrogen and oxygen atoms in total. The molecule has 0 amide bonds. The summed E-state index contributed by atoms with van der Waals surface area (Å²) in [5, 5.41) is 9.04. The summed E-state index contributed by atoms with van der Waals surface area (Å²) in [5.74, 6) is 1.47. The van der Waals surface area contributed by atoms with E-state index < -0.39 is 0 Å². The van der Waals surface area contributed by atoms with Crippen LogP contribution in [0.3, 0.4) is 0 Å². The Morgan fingerprint density at radius 1 is 1.64 bits per heavy atom. The first-order valence-corrected chi connectivity index (χ1v) is 5.08. The van der Waals surface area contributed by atoms with Crippen molar-refractivity contribution >= 4 is 5.82 Å². The molecule has 14 heavy (non-hydrogen) atoms. The van der Waals surface area contributed by atoms with Gasteiger partial charge in [0, 0.05) is 31.8 Å². The van der Waals surface area contributed by atoms with Crippen LogP contribution in [0.1, 0.15) is 12.0 Å². The SMILES string of the molecule is Cc1ccnc(N2CCC(CO)C2)c1. The first-order chi connectivity index (χ1) is 6.79. The lowest BCUT2D eigenvalue weighted by Gasteiger charge is -2.17. The number of hydrogen-bond acceptors (Lipinski definition) is 3. The van der Waals surface area contributed by atoms with Crippen molar-refractivity contribution in [3.63, 3.8) is 0 Å². The summed E-state index contributed by atoms with van der Waals surface area (Å²) < 4.78 is 0. The zero-order valence-electron chi connectivity index (χ0n) is 8.48. The van der Waals surface area contributed by atoms with E-state index in [0.29, 0.717) is 12.5 Å². The predicted octanol–water partition coefficient (Wildman–Crippen LogP) is 1.21. The minimum absolute atomic E-state index is 0.294. The van der Waals surface area contributed by atoms with Gasteiger partial charge in [-0.25, -0.2) is 4.98 Å². The fourth-order valence-corrected chi connectivity index (χ4v) is 1.88. The quantitative estimate of drug-likeness (QED) is 0.765. The van der Waals surface area contributed by atoms with Crippen molar-refractivity contribution in [1.82, 2.24) is 4.98 Å². The zero-order valence-corrected chi connectivity index (χ0v) is 8.48. The number of hydrogen-bond donors (Lipinski definition) is 1. The molecule has 2 rings (SSSR count). The number of nitrogens with zero attached hydrogens (tertiary/aromatic N) is 2. The van der Waals surface area contributed by atoms with E-state index in [9.17, 15) is 0 Å². The van der Waals surface area contributed by atoms with Gasteiger partial charge in [0.25, 0.3) is 0 Å². The summed E-state index contributed by atoms with van der Waals surface area (Å²) >= 11 is 0. The number of aryl methyl sites for hydroxylation is 1. The van der Waals surface area contributed by atoms with Crippen molar-refractivity contribution in [1.29, 1.82) is 0 Å². The fourth-order valence-electron chi connectivity index (χ4n) is 1.88. The molecule has 1 aromatic rings. The molecule has 1 aromatic heterocycles. The van der Waals surface area contributed by atoms with Crippen LogP contribution < -0.4 is 4.90 Å². The van der Waals surface area contributed by atoms with Crippen LogP contribution in [0.25, 0.3) is 0 Å². The van der Waals surface area contributed by atoms with Gasteiger partial charge in [0.1, 0.15) is 5.82 Å². The van der Waals surface area contributed by atoms with Gasteiger partial charge in [-0.15, -0.1) is 0 Å². The van der Waals surface area contributed by atoms with Crippen molar-refractivity contribution < 1.29 is 5.11 Å². The molecule has 76 valence electrons. The first-order valence-electron chi connectivity index (χ1n) is 5.08. The molecule has 2 heterocycles. The van der Waals surface area contributed by atoms with Gasteiger partial charge in [0.15, 0.2) is 0 Å². The Morgan fingerprint density at radius 2 is 2.50 bits per heavy atom. The molecule has 0 bridgehead atoms.